The number of hydrogen-bond donors (Lipinski definition) is 1. The van der Waals surface area contributed by atoms with E-state index in [4.69, 9.17) is 21.1 Å². The van der Waals surface area contributed by atoms with E-state index >= 15 is 0 Å². The molecule has 0 atom stereocenters. The van der Waals surface area contributed by atoms with E-state index in [1.165, 1.54) is 36.1 Å². The maximum atomic E-state index is 12.4. The van der Waals surface area contributed by atoms with Crippen LogP contribution >= 0.6 is 11.6 Å². The number of carbonyl (C=O) groups excluding carboxylic acids is 1. The Morgan fingerprint density at radius 3 is 2.61 bits per heavy atom. The molecule has 144 valence electrons. The second-order valence-electron chi connectivity index (χ2n) is 5.56. The highest BCUT2D eigenvalue weighted by molar-refractivity contribution is 6.30. The van der Waals surface area contributed by atoms with Crippen LogP contribution in [0.15, 0.2) is 54.7 Å². The second kappa shape index (κ2) is 8.40. The van der Waals surface area contributed by atoms with Crippen molar-refractivity contribution in [2.75, 3.05) is 12.4 Å². The van der Waals surface area contributed by atoms with Crippen molar-refractivity contribution in [3.8, 4) is 11.5 Å². The lowest BCUT2D eigenvalue weighted by atomic mass is 10.2. The summed E-state index contributed by atoms with van der Waals surface area (Å²) in [6, 6.07) is 12.4. The Hall–Kier alpha value is -3.59. The molecule has 0 radical (unpaired) electrons. The Bertz CT molecular complexity index is 1000. The number of carbonyl (C=O) groups is 1. The molecule has 1 N–H and O–H groups in total. The fourth-order valence-electron chi connectivity index (χ4n) is 2.31. The number of ether oxygens (including phenoxy) is 2. The quantitative estimate of drug-likeness (QED) is 0.476. The zero-order chi connectivity index (χ0) is 20.1. The second-order valence-corrected chi connectivity index (χ2v) is 6.00. The molecule has 3 rings (SSSR count). The molecule has 28 heavy (non-hydrogen) atoms. The number of amides is 1. The first-order chi connectivity index (χ1) is 13.5. The van der Waals surface area contributed by atoms with Gasteiger partial charge in [0, 0.05) is 11.2 Å². The SMILES string of the molecule is COc1ccc(NC(=O)c2ccn(COc3ccc(Cl)cc3)n2)c([N+](=O)[O-])c1. The number of nitro groups is 1. The fraction of sp³-hybridized carbons (Fsp3) is 0.111. The first-order valence-corrected chi connectivity index (χ1v) is 8.39. The summed E-state index contributed by atoms with van der Waals surface area (Å²) >= 11 is 5.81. The van der Waals surface area contributed by atoms with Crippen LogP contribution in [0.25, 0.3) is 0 Å². The molecule has 1 heterocycles. The predicted octanol–water partition coefficient (Wildman–Crippen LogP) is 3.74. The van der Waals surface area contributed by atoms with E-state index in [0.717, 1.165) is 0 Å². The smallest absolute Gasteiger partial charge is 0.296 e. The number of aromatic nitrogens is 2. The van der Waals surface area contributed by atoms with E-state index in [0.29, 0.717) is 16.5 Å². The van der Waals surface area contributed by atoms with Crippen LogP contribution in [0.5, 0.6) is 11.5 Å². The van der Waals surface area contributed by atoms with Gasteiger partial charge < -0.3 is 14.8 Å². The zero-order valence-corrected chi connectivity index (χ0v) is 15.4. The summed E-state index contributed by atoms with van der Waals surface area (Å²) in [5.74, 6) is 0.326. The summed E-state index contributed by atoms with van der Waals surface area (Å²) in [5, 5.41) is 18.4. The summed E-state index contributed by atoms with van der Waals surface area (Å²) in [6.45, 7) is 0.0809. The summed E-state index contributed by atoms with van der Waals surface area (Å²) in [7, 11) is 1.40. The van der Waals surface area contributed by atoms with E-state index in [9.17, 15) is 14.9 Å². The molecule has 2 aromatic carbocycles. The van der Waals surface area contributed by atoms with E-state index in [-0.39, 0.29) is 23.8 Å². The minimum absolute atomic E-state index is 0.0442. The van der Waals surface area contributed by atoms with Crippen LogP contribution in [0.4, 0.5) is 11.4 Å². The van der Waals surface area contributed by atoms with Crippen molar-refractivity contribution < 1.29 is 19.2 Å². The van der Waals surface area contributed by atoms with E-state index in [1.54, 1.807) is 30.5 Å². The number of halogens is 1. The predicted molar refractivity (Wildman–Crippen MR) is 102 cm³/mol. The number of nitrogens with zero attached hydrogens (tertiary/aromatic N) is 3. The largest absolute Gasteiger partial charge is 0.496 e. The molecule has 0 unspecified atom stereocenters. The molecule has 0 fully saturated rings. The molecule has 1 aromatic heterocycles. The minimum Gasteiger partial charge on any atom is -0.496 e. The zero-order valence-electron chi connectivity index (χ0n) is 14.7. The molecule has 10 heteroatoms. The molecular formula is C18H15ClN4O5. The molecule has 3 aromatic rings. The molecule has 9 nitrogen and oxygen atoms in total. The summed E-state index contributed by atoms with van der Waals surface area (Å²) in [4.78, 5) is 23.0. The van der Waals surface area contributed by atoms with Crippen molar-refractivity contribution in [3.05, 3.63) is 75.6 Å². The van der Waals surface area contributed by atoms with Gasteiger partial charge in [0.25, 0.3) is 11.6 Å². The van der Waals surface area contributed by atoms with Crippen molar-refractivity contribution in [1.29, 1.82) is 0 Å². The maximum absolute atomic E-state index is 12.4. The average Bonchev–Trinajstić information content (AvgIpc) is 3.17. The van der Waals surface area contributed by atoms with E-state index in [1.807, 2.05) is 0 Å². The molecule has 0 aliphatic rings. The molecule has 0 spiro atoms. The number of hydrogen-bond acceptors (Lipinski definition) is 6. The maximum Gasteiger partial charge on any atom is 0.296 e. The van der Waals surface area contributed by atoms with E-state index in [2.05, 4.69) is 10.4 Å². The van der Waals surface area contributed by atoms with Gasteiger partial charge in [-0.15, -0.1) is 0 Å². The monoisotopic (exact) mass is 402 g/mol. The van der Waals surface area contributed by atoms with Crippen molar-refractivity contribution >= 4 is 28.9 Å². The normalized spacial score (nSPS) is 10.4. The average molecular weight is 403 g/mol. The Kier molecular flexibility index (Phi) is 5.75. The van der Waals surface area contributed by atoms with Gasteiger partial charge >= 0.3 is 0 Å². The van der Waals surface area contributed by atoms with Crippen molar-refractivity contribution in [2.45, 2.75) is 6.73 Å². The molecular weight excluding hydrogens is 388 g/mol. The highest BCUT2D eigenvalue weighted by Crippen LogP contribution is 2.29. The van der Waals surface area contributed by atoms with Crippen LogP contribution in [0.1, 0.15) is 10.5 Å². The molecule has 1 amide bonds. The third-order valence-electron chi connectivity index (χ3n) is 3.70. The first-order valence-electron chi connectivity index (χ1n) is 8.02. The van der Waals surface area contributed by atoms with E-state index < -0.39 is 10.8 Å². The van der Waals surface area contributed by atoms with Gasteiger partial charge in [0.2, 0.25) is 0 Å². The standard InChI is InChI=1S/C18H15ClN4O5/c1-27-14-6-7-15(17(10-14)23(25)26)20-18(24)16-8-9-22(21-16)11-28-13-4-2-12(19)3-5-13/h2-10H,11H2,1H3,(H,20,24). The van der Waals surface area contributed by atoms with Crippen molar-refractivity contribution in [3.63, 3.8) is 0 Å². The van der Waals surface area contributed by atoms with Crippen LogP contribution in [-0.2, 0) is 6.73 Å². The van der Waals surface area contributed by atoms with Crippen molar-refractivity contribution in [2.24, 2.45) is 0 Å². The number of nitro benzene ring substituents is 1. The molecule has 0 saturated carbocycles. The number of benzene rings is 2. The number of anilines is 1. The Labute approximate surface area is 164 Å². The molecule has 0 bridgehead atoms. The topological polar surface area (TPSA) is 109 Å². The van der Waals surface area contributed by atoms with Crippen LogP contribution in [-0.4, -0.2) is 27.7 Å². The van der Waals surface area contributed by atoms with Crippen LogP contribution in [0.3, 0.4) is 0 Å². The molecule has 0 aliphatic carbocycles. The Morgan fingerprint density at radius 1 is 1.21 bits per heavy atom. The lowest BCUT2D eigenvalue weighted by molar-refractivity contribution is -0.384. The highest BCUT2D eigenvalue weighted by Gasteiger charge is 2.19. The Balaban J connectivity index is 1.67. The first kappa shape index (κ1) is 19.2. The van der Waals surface area contributed by atoms with Gasteiger partial charge in [-0.2, -0.15) is 5.10 Å². The number of methoxy groups -OCH3 is 1. The Morgan fingerprint density at radius 2 is 1.93 bits per heavy atom. The number of nitrogens with one attached hydrogen (secondary N) is 1. The van der Waals surface area contributed by atoms with Crippen LogP contribution < -0.4 is 14.8 Å². The lowest BCUT2D eigenvalue weighted by Crippen LogP contribution is -2.15. The highest BCUT2D eigenvalue weighted by atomic mass is 35.5. The number of rotatable bonds is 7. The fourth-order valence-corrected chi connectivity index (χ4v) is 2.43. The van der Waals surface area contributed by atoms with Gasteiger partial charge in [0.15, 0.2) is 12.4 Å². The van der Waals surface area contributed by atoms with Gasteiger partial charge in [0.1, 0.15) is 17.2 Å². The summed E-state index contributed by atoms with van der Waals surface area (Å²) in [6.07, 6.45) is 1.56. The van der Waals surface area contributed by atoms with Crippen LogP contribution in [0.2, 0.25) is 5.02 Å². The van der Waals surface area contributed by atoms with Gasteiger partial charge in [-0.1, -0.05) is 11.6 Å². The van der Waals surface area contributed by atoms with Crippen molar-refractivity contribution in [1.82, 2.24) is 9.78 Å². The minimum atomic E-state index is -0.601. The molecule has 0 saturated heterocycles. The molecule has 0 aliphatic heterocycles. The van der Waals surface area contributed by atoms with Gasteiger partial charge in [-0.3, -0.25) is 14.9 Å². The summed E-state index contributed by atoms with van der Waals surface area (Å²) < 4.78 is 11.9. The van der Waals surface area contributed by atoms with Gasteiger partial charge in [-0.25, -0.2) is 4.68 Å². The van der Waals surface area contributed by atoms with Gasteiger partial charge in [0.05, 0.1) is 18.1 Å². The lowest BCUT2D eigenvalue weighted by Gasteiger charge is -2.07. The third kappa shape index (κ3) is 4.57. The third-order valence-corrected chi connectivity index (χ3v) is 3.95. The summed E-state index contributed by atoms with van der Waals surface area (Å²) in [5.41, 5.74) is -0.147. The van der Waals surface area contributed by atoms with Crippen LogP contribution in [0, 0.1) is 10.1 Å². The van der Waals surface area contributed by atoms with Gasteiger partial charge in [-0.05, 0) is 42.5 Å².